The van der Waals surface area contributed by atoms with Crippen LogP contribution >= 0.6 is 0 Å². The summed E-state index contributed by atoms with van der Waals surface area (Å²) in [6, 6.07) is 14.4. The molecule has 0 N–H and O–H groups in total. The summed E-state index contributed by atoms with van der Waals surface area (Å²) in [6.45, 7) is 5.88. The van der Waals surface area contributed by atoms with Gasteiger partial charge in [-0.25, -0.2) is 9.69 Å². The van der Waals surface area contributed by atoms with E-state index in [2.05, 4.69) is 0 Å². The number of imide groups is 1. The van der Waals surface area contributed by atoms with Gasteiger partial charge in [0.05, 0.1) is 35.0 Å². The molecular weight excluding hydrogens is 448 g/mol. The average molecular weight is 475 g/mol. The molecule has 0 aliphatic carbocycles. The summed E-state index contributed by atoms with van der Waals surface area (Å²) in [6.07, 6.45) is 0. The van der Waals surface area contributed by atoms with Gasteiger partial charge in [-0.2, -0.15) is 0 Å². The van der Waals surface area contributed by atoms with Gasteiger partial charge >= 0.3 is 5.97 Å². The van der Waals surface area contributed by atoms with Gasteiger partial charge in [-0.1, -0.05) is 12.1 Å². The molecule has 180 valence electrons. The molecule has 8 heteroatoms. The maximum Gasteiger partial charge on any atom is 0.338 e. The first-order valence-electron chi connectivity index (χ1n) is 11.2. The topological polar surface area (TPSA) is 94.9 Å². The predicted molar refractivity (Wildman–Crippen MR) is 129 cm³/mol. The van der Waals surface area contributed by atoms with Crippen molar-refractivity contribution in [3.05, 3.63) is 88.2 Å². The lowest BCUT2D eigenvalue weighted by atomic mass is 10.1. The van der Waals surface area contributed by atoms with Gasteiger partial charge < -0.3 is 14.0 Å². The van der Waals surface area contributed by atoms with Crippen molar-refractivity contribution in [3.8, 4) is 0 Å². The van der Waals surface area contributed by atoms with Gasteiger partial charge in [0.15, 0.2) is 6.61 Å². The third-order valence-electron chi connectivity index (χ3n) is 6.12. The van der Waals surface area contributed by atoms with Crippen LogP contribution in [0.4, 0.5) is 5.69 Å². The molecule has 0 saturated heterocycles. The number of rotatable bonds is 8. The molecule has 0 saturated carbocycles. The molecule has 4 rings (SSSR count). The fraction of sp³-hybridized carbons (Fsp3) is 0.259. The highest BCUT2D eigenvalue weighted by Crippen LogP contribution is 2.28. The molecule has 0 fully saturated rings. The molecule has 0 bridgehead atoms. The zero-order valence-electron chi connectivity index (χ0n) is 20.0. The quantitative estimate of drug-likeness (QED) is 0.277. The zero-order valence-corrected chi connectivity index (χ0v) is 20.0. The number of anilines is 1. The Hall–Kier alpha value is -4.04. The van der Waals surface area contributed by atoms with Crippen molar-refractivity contribution in [2.75, 3.05) is 25.2 Å². The molecule has 3 aromatic rings. The van der Waals surface area contributed by atoms with Gasteiger partial charge in [-0.05, 0) is 63.2 Å². The Morgan fingerprint density at radius 1 is 0.943 bits per heavy atom. The van der Waals surface area contributed by atoms with Gasteiger partial charge in [0.1, 0.15) is 0 Å². The van der Waals surface area contributed by atoms with Crippen molar-refractivity contribution in [3.63, 3.8) is 0 Å². The summed E-state index contributed by atoms with van der Waals surface area (Å²) in [5, 5.41) is 0. The molecule has 1 aromatic heterocycles. The summed E-state index contributed by atoms with van der Waals surface area (Å²) in [7, 11) is 1.63. The Morgan fingerprint density at radius 2 is 1.54 bits per heavy atom. The molecular formula is C27H26N2O6. The van der Waals surface area contributed by atoms with Crippen LogP contribution in [-0.4, -0.2) is 48.5 Å². The fourth-order valence-electron chi connectivity index (χ4n) is 4.52. The van der Waals surface area contributed by atoms with Crippen molar-refractivity contribution in [2.24, 2.45) is 0 Å². The predicted octanol–water partition coefficient (Wildman–Crippen LogP) is 4.15. The molecule has 2 heterocycles. The largest absolute Gasteiger partial charge is 0.454 e. The van der Waals surface area contributed by atoms with E-state index in [1.54, 1.807) is 37.4 Å². The fourth-order valence-corrected chi connectivity index (χ4v) is 4.52. The lowest BCUT2D eigenvalue weighted by Crippen LogP contribution is -2.29. The van der Waals surface area contributed by atoms with Crippen LogP contribution in [-0.2, 0) is 9.47 Å². The summed E-state index contributed by atoms with van der Waals surface area (Å²) in [5.41, 5.74) is 3.45. The second kappa shape index (κ2) is 9.68. The van der Waals surface area contributed by atoms with Crippen molar-refractivity contribution in [1.29, 1.82) is 0 Å². The third kappa shape index (κ3) is 4.40. The molecule has 35 heavy (non-hydrogen) atoms. The Kier molecular flexibility index (Phi) is 6.66. The maximum atomic E-state index is 12.8. The summed E-state index contributed by atoms with van der Waals surface area (Å²) < 4.78 is 12.5. The van der Waals surface area contributed by atoms with Crippen molar-refractivity contribution < 1.29 is 28.7 Å². The van der Waals surface area contributed by atoms with Crippen LogP contribution < -0.4 is 4.90 Å². The lowest BCUT2D eigenvalue weighted by molar-refractivity contribution is 0.0474. The van der Waals surface area contributed by atoms with Crippen LogP contribution in [0.2, 0.25) is 0 Å². The van der Waals surface area contributed by atoms with Crippen molar-refractivity contribution in [2.45, 2.75) is 26.8 Å². The van der Waals surface area contributed by atoms with Gasteiger partial charge in [0.25, 0.3) is 11.8 Å². The van der Waals surface area contributed by atoms with Crippen LogP contribution in [0.25, 0.3) is 0 Å². The molecule has 1 aliphatic heterocycles. The SMILES string of the molecule is COCC(C)n1c(C)cc(C(=O)COC(=O)c2ccc(N3C(=O)c4ccccc4C3=O)cc2)c1C. The number of esters is 1. The monoisotopic (exact) mass is 474 g/mol. The molecule has 1 aliphatic rings. The van der Waals surface area contributed by atoms with Crippen molar-refractivity contribution >= 4 is 29.3 Å². The van der Waals surface area contributed by atoms with Crippen LogP contribution in [0.15, 0.2) is 54.6 Å². The van der Waals surface area contributed by atoms with Gasteiger partial charge in [-0.3, -0.25) is 14.4 Å². The van der Waals surface area contributed by atoms with Crippen LogP contribution in [0.3, 0.4) is 0 Å². The number of carbonyl (C=O) groups excluding carboxylic acids is 4. The van der Waals surface area contributed by atoms with E-state index in [1.165, 1.54) is 24.3 Å². The molecule has 2 aromatic carbocycles. The average Bonchev–Trinajstić information content (AvgIpc) is 3.29. The van der Waals surface area contributed by atoms with E-state index in [9.17, 15) is 19.2 Å². The molecule has 1 unspecified atom stereocenters. The summed E-state index contributed by atoms with van der Waals surface area (Å²) >= 11 is 0. The normalized spacial score (nSPS) is 13.7. The number of hydrogen-bond donors (Lipinski definition) is 0. The zero-order chi connectivity index (χ0) is 25.3. The number of aryl methyl sites for hydroxylation is 1. The van der Waals surface area contributed by atoms with E-state index in [0.29, 0.717) is 29.0 Å². The number of nitrogens with zero attached hydrogens (tertiary/aromatic N) is 2. The number of methoxy groups -OCH3 is 1. The summed E-state index contributed by atoms with van der Waals surface area (Å²) in [4.78, 5) is 51.6. The van der Waals surface area contributed by atoms with Crippen LogP contribution in [0.5, 0.6) is 0 Å². The van der Waals surface area contributed by atoms with Gasteiger partial charge in [-0.15, -0.1) is 0 Å². The number of benzene rings is 2. The number of carbonyl (C=O) groups is 4. The van der Waals surface area contributed by atoms with Crippen LogP contribution in [0, 0.1) is 13.8 Å². The van der Waals surface area contributed by atoms with E-state index in [1.807, 2.05) is 25.3 Å². The second-order valence-electron chi connectivity index (χ2n) is 8.50. The molecule has 0 spiro atoms. The Labute approximate surface area is 203 Å². The minimum absolute atomic E-state index is 0.0600. The number of Topliss-reactive ketones (excluding diaryl/α,β-unsaturated/α-hetero) is 1. The van der Waals surface area contributed by atoms with Gasteiger partial charge in [0, 0.05) is 24.1 Å². The first-order chi connectivity index (χ1) is 16.7. The highest BCUT2D eigenvalue weighted by atomic mass is 16.5. The minimum atomic E-state index is -0.672. The molecule has 1 atom stereocenters. The number of ether oxygens (including phenoxy) is 2. The van der Waals surface area contributed by atoms with Crippen molar-refractivity contribution in [1.82, 2.24) is 4.57 Å². The minimum Gasteiger partial charge on any atom is -0.454 e. The number of aromatic nitrogens is 1. The van der Waals surface area contributed by atoms with Crippen LogP contribution in [0.1, 0.15) is 65.8 Å². The van der Waals surface area contributed by atoms with E-state index < -0.39 is 24.4 Å². The number of ketones is 1. The Balaban J connectivity index is 1.42. The summed E-state index contributed by atoms with van der Waals surface area (Å²) in [5.74, 6) is -1.80. The van der Waals surface area contributed by atoms with Gasteiger partial charge in [0.2, 0.25) is 5.78 Å². The van der Waals surface area contributed by atoms with E-state index in [0.717, 1.165) is 16.3 Å². The smallest absolute Gasteiger partial charge is 0.338 e. The number of amides is 2. The van der Waals surface area contributed by atoms with E-state index in [4.69, 9.17) is 9.47 Å². The number of hydrogen-bond acceptors (Lipinski definition) is 6. The molecule has 2 amide bonds. The highest BCUT2D eigenvalue weighted by Gasteiger charge is 2.36. The first kappa shape index (κ1) is 24.1. The number of fused-ring (bicyclic) bond motifs is 1. The Morgan fingerprint density at radius 3 is 2.11 bits per heavy atom. The standard InChI is InChI=1S/C27H26N2O6/c1-16-13-23(18(3)28(16)17(2)14-34-4)24(30)15-35-27(33)19-9-11-20(12-10-19)29-25(31)21-7-5-6-8-22(21)26(29)32/h5-13,17H,14-15H2,1-4H3. The lowest BCUT2D eigenvalue weighted by Gasteiger charge is -2.17. The Bertz CT molecular complexity index is 1290. The van der Waals surface area contributed by atoms with E-state index >= 15 is 0 Å². The third-order valence-corrected chi connectivity index (χ3v) is 6.12. The first-order valence-corrected chi connectivity index (χ1v) is 11.2. The maximum absolute atomic E-state index is 12.8. The molecule has 8 nitrogen and oxygen atoms in total. The second-order valence-corrected chi connectivity index (χ2v) is 8.50. The van der Waals surface area contributed by atoms with E-state index in [-0.39, 0.29) is 17.4 Å². The highest BCUT2D eigenvalue weighted by molar-refractivity contribution is 6.34. The molecule has 0 radical (unpaired) electrons.